The molecule has 1 heterocycles. The summed E-state index contributed by atoms with van der Waals surface area (Å²) < 4.78 is 12.7. The third-order valence-corrected chi connectivity index (χ3v) is 3.77. The van der Waals surface area contributed by atoms with Gasteiger partial charge < -0.3 is 11.1 Å². The van der Waals surface area contributed by atoms with Crippen LogP contribution in [0.1, 0.15) is 18.4 Å². The molecule has 1 aromatic carbocycles. The van der Waals surface area contributed by atoms with Crippen LogP contribution in [0.25, 0.3) is 0 Å². The van der Waals surface area contributed by atoms with Crippen molar-refractivity contribution in [3.63, 3.8) is 0 Å². The van der Waals surface area contributed by atoms with Crippen molar-refractivity contribution in [3.8, 4) is 0 Å². The van der Waals surface area contributed by atoms with Crippen molar-refractivity contribution < 1.29 is 9.18 Å². The largest absolute Gasteiger partial charge is 0.355 e. The van der Waals surface area contributed by atoms with E-state index in [0.717, 1.165) is 24.9 Å². The molecule has 0 aliphatic carbocycles. The Balaban J connectivity index is 0.00000220. The minimum absolute atomic E-state index is 0. The minimum Gasteiger partial charge on any atom is -0.355 e. The van der Waals surface area contributed by atoms with Crippen LogP contribution in [0.15, 0.2) is 24.3 Å². The topological polar surface area (TPSA) is 58.4 Å². The maximum atomic E-state index is 12.7. The summed E-state index contributed by atoms with van der Waals surface area (Å²) in [7, 11) is 0. The van der Waals surface area contributed by atoms with Crippen molar-refractivity contribution in [1.82, 2.24) is 10.2 Å². The summed E-state index contributed by atoms with van der Waals surface area (Å²) in [5, 5.41) is 2.90. The van der Waals surface area contributed by atoms with E-state index in [1.54, 1.807) is 12.1 Å². The highest BCUT2D eigenvalue weighted by Gasteiger charge is 2.24. The molecule has 1 aliphatic heterocycles. The first-order valence-electron chi connectivity index (χ1n) is 7.14. The molecular formula is C15H23ClFN3O. The first kappa shape index (κ1) is 17.9. The van der Waals surface area contributed by atoms with Gasteiger partial charge in [-0.3, -0.25) is 9.69 Å². The van der Waals surface area contributed by atoms with E-state index >= 15 is 0 Å². The van der Waals surface area contributed by atoms with Crippen molar-refractivity contribution in [3.05, 3.63) is 35.6 Å². The summed E-state index contributed by atoms with van der Waals surface area (Å²) in [5.74, 6) is -0.202. The zero-order chi connectivity index (χ0) is 14.4. The van der Waals surface area contributed by atoms with Crippen LogP contribution < -0.4 is 11.1 Å². The average Bonchev–Trinajstić information content (AvgIpc) is 2.88. The summed E-state index contributed by atoms with van der Waals surface area (Å²) in [5.41, 5.74) is 6.71. The Morgan fingerprint density at radius 2 is 2.10 bits per heavy atom. The van der Waals surface area contributed by atoms with E-state index in [2.05, 4.69) is 10.2 Å². The molecule has 1 aliphatic rings. The molecule has 0 radical (unpaired) electrons. The summed E-state index contributed by atoms with van der Waals surface area (Å²) >= 11 is 0. The minimum atomic E-state index is -0.236. The standard InChI is InChI=1S/C15H22FN3O.ClH/c16-13-5-3-12(4-6-13)7-8-18-15(20)11-19-9-1-2-14(19)10-17;/h3-6,14H,1-2,7-11,17H2,(H,18,20);1H. The molecule has 1 atom stereocenters. The summed E-state index contributed by atoms with van der Waals surface area (Å²) in [4.78, 5) is 14.0. The Hall–Kier alpha value is -1.17. The van der Waals surface area contributed by atoms with Crippen LogP contribution in [0.4, 0.5) is 4.39 Å². The number of hydrogen-bond acceptors (Lipinski definition) is 3. The maximum absolute atomic E-state index is 12.7. The highest BCUT2D eigenvalue weighted by Crippen LogP contribution is 2.15. The molecule has 1 aromatic rings. The Bertz CT molecular complexity index is 441. The first-order valence-corrected chi connectivity index (χ1v) is 7.14. The highest BCUT2D eigenvalue weighted by atomic mass is 35.5. The molecule has 6 heteroatoms. The molecule has 1 saturated heterocycles. The first-order chi connectivity index (χ1) is 9.69. The SMILES string of the molecule is Cl.NCC1CCCN1CC(=O)NCCc1ccc(F)cc1. The molecule has 0 bridgehead atoms. The second-order valence-corrected chi connectivity index (χ2v) is 5.23. The number of carbonyl (C=O) groups is 1. The lowest BCUT2D eigenvalue weighted by atomic mass is 10.1. The number of amides is 1. The second kappa shape index (κ2) is 8.97. The molecular weight excluding hydrogens is 293 g/mol. The van der Waals surface area contributed by atoms with Crippen LogP contribution in [0.5, 0.6) is 0 Å². The smallest absolute Gasteiger partial charge is 0.234 e. The van der Waals surface area contributed by atoms with Crippen molar-refractivity contribution in [2.75, 3.05) is 26.2 Å². The van der Waals surface area contributed by atoms with Gasteiger partial charge in [0.2, 0.25) is 5.91 Å². The van der Waals surface area contributed by atoms with Crippen LogP contribution in [-0.4, -0.2) is 43.0 Å². The van der Waals surface area contributed by atoms with Gasteiger partial charge in [-0.05, 0) is 43.5 Å². The quantitative estimate of drug-likeness (QED) is 0.832. The predicted octanol–water partition coefficient (Wildman–Crippen LogP) is 1.33. The average molecular weight is 316 g/mol. The lowest BCUT2D eigenvalue weighted by Gasteiger charge is -2.22. The molecule has 4 nitrogen and oxygen atoms in total. The van der Waals surface area contributed by atoms with Crippen LogP contribution in [0.2, 0.25) is 0 Å². The molecule has 0 saturated carbocycles. The molecule has 1 amide bonds. The summed E-state index contributed by atoms with van der Waals surface area (Å²) in [6, 6.07) is 6.71. The van der Waals surface area contributed by atoms with E-state index in [1.165, 1.54) is 12.1 Å². The number of hydrogen-bond donors (Lipinski definition) is 2. The molecule has 0 spiro atoms. The Morgan fingerprint density at radius 1 is 1.38 bits per heavy atom. The molecule has 118 valence electrons. The van der Waals surface area contributed by atoms with Crippen LogP contribution >= 0.6 is 12.4 Å². The maximum Gasteiger partial charge on any atom is 0.234 e. The Kier molecular flexibility index (Phi) is 7.64. The van der Waals surface area contributed by atoms with Gasteiger partial charge in [0.1, 0.15) is 5.82 Å². The van der Waals surface area contributed by atoms with Crippen molar-refractivity contribution in [2.45, 2.75) is 25.3 Å². The van der Waals surface area contributed by atoms with E-state index in [1.807, 2.05) is 0 Å². The lowest BCUT2D eigenvalue weighted by Crippen LogP contribution is -2.42. The number of nitrogens with one attached hydrogen (secondary N) is 1. The number of likely N-dealkylation sites (tertiary alicyclic amines) is 1. The molecule has 1 unspecified atom stereocenters. The Labute approximate surface area is 131 Å². The van der Waals surface area contributed by atoms with Crippen molar-refractivity contribution >= 4 is 18.3 Å². The Morgan fingerprint density at radius 3 is 2.76 bits per heavy atom. The number of halogens is 2. The third-order valence-electron chi connectivity index (χ3n) is 3.77. The number of benzene rings is 1. The molecule has 1 fully saturated rings. The van der Waals surface area contributed by atoms with E-state index in [9.17, 15) is 9.18 Å². The van der Waals surface area contributed by atoms with Gasteiger partial charge in [-0.1, -0.05) is 12.1 Å². The van der Waals surface area contributed by atoms with E-state index in [4.69, 9.17) is 5.73 Å². The number of nitrogens with zero attached hydrogens (tertiary/aromatic N) is 1. The van der Waals surface area contributed by atoms with E-state index in [0.29, 0.717) is 32.1 Å². The van der Waals surface area contributed by atoms with E-state index in [-0.39, 0.29) is 24.1 Å². The lowest BCUT2D eigenvalue weighted by molar-refractivity contribution is -0.122. The highest BCUT2D eigenvalue weighted by molar-refractivity contribution is 5.85. The van der Waals surface area contributed by atoms with Gasteiger partial charge in [-0.25, -0.2) is 4.39 Å². The number of carbonyl (C=O) groups excluding carboxylic acids is 1. The zero-order valence-corrected chi connectivity index (χ0v) is 12.9. The fourth-order valence-electron chi connectivity index (χ4n) is 2.61. The molecule has 0 aromatic heterocycles. The summed E-state index contributed by atoms with van der Waals surface area (Å²) in [6.45, 7) is 2.56. The number of nitrogens with two attached hydrogens (primary N) is 1. The van der Waals surface area contributed by atoms with Gasteiger partial charge in [0.15, 0.2) is 0 Å². The fraction of sp³-hybridized carbons (Fsp3) is 0.533. The monoisotopic (exact) mass is 315 g/mol. The van der Waals surface area contributed by atoms with Gasteiger partial charge >= 0.3 is 0 Å². The van der Waals surface area contributed by atoms with Gasteiger partial charge in [0.25, 0.3) is 0 Å². The van der Waals surface area contributed by atoms with Crippen LogP contribution in [0.3, 0.4) is 0 Å². The van der Waals surface area contributed by atoms with Crippen LogP contribution in [-0.2, 0) is 11.2 Å². The van der Waals surface area contributed by atoms with E-state index < -0.39 is 0 Å². The zero-order valence-electron chi connectivity index (χ0n) is 12.1. The molecule has 3 N–H and O–H groups in total. The second-order valence-electron chi connectivity index (χ2n) is 5.23. The van der Waals surface area contributed by atoms with Crippen molar-refractivity contribution in [1.29, 1.82) is 0 Å². The van der Waals surface area contributed by atoms with Gasteiger partial charge in [0.05, 0.1) is 6.54 Å². The predicted molar refractivity (Wildman–Crippen MR) is 84.0 cm³/mol. The van der Waals surface area contributed by atoms with Gasteiger partial charge in [-0.15, -0.1) is 12.4 Å². The molecule has 2 rings (SSSR count). The van der Waals surface area contributed by atoms with Gasteiger partial charge in [0, 0.05) is 19.1 Å². The van der Waals surface area contributed by atoms with Crippen LogP contribution in [0, 0.1) is 5.82 Å². The third kappa shape index (κ3) is 5.61. The summed E-state index contributed by atoms with van der Waals surface area (Å²) in [6.07, 6.45) is 2.91. The normalized spacial score (nSPS) is 18.3. The molecule has 21 heavy (non-hydrogen) atoms. The number of rotatable bonds is 6. The van der Waals surface area contributed by atoms with Gasteiger partial charge in [-0.2, -0.15) is 0 Å². The van der Waals surface area contributed by atoms with Crippen molar-refractivity contribution in [2.24, 2.45) is 5.73 Å². The fourth-order valence-corrected chi connectivity index (χ4v) is 2.61.